The second-order valence-corrected chi connectivity index (χ2v) is 5.67. The van der Waals surface area contributed by atoms with Gasteiger partial charge in [0.15, 0.2) is 11.4 Å². The highest BCUT2D eigenvalue weighted by Crippen LogP contribution is 2.28. The number of nitrogens with one attached hydrogen (secondary N) is 1. The molecule has 2 aromatic heterocycles. The molecule has 0 saturated heterocycles. The number of hydrogen-bond acceptors (Lipinski definition) is 6. The minimum atomic E-state index is -0.573. The van der Waals surface area contributed by atoms with Gasteiger partial charge in [-0.1, -0.05) is 0 Å². The van der Waals surface area contributed by atoms with Gasteiger partial charge in [0.25, 0.3) is 5.91 Å². The summed E-state index contributed by atoms with van der Waals surface area (Å²) in [4.78, 5) is 27.4. The minimum absolute atomic E-state index is 0.129. The van der Waals surface area contributed by atoms with Gasteiger partial charge in [-0.15, -0.1) is 0 Å². The van der Waals surface area contributed by atoms with Gasteiger partial charge < -0.3 is 10.1 Å². The van der Waals surface area contributed by atoms with Crippen molar-refractivity contribution in [3.63, 3.8) is 0 Å². The van der Waals surface area contributed by atoms with Crippen LogP contribution in [-0.2, 0) is 0 Å². The molecule has 1 aromatic carbocycles. The number of amides is 1. The van der Waals surface area contributed by atoms with E-state index in [4.69, 9.17) is 4.74 Å². The summed E-state index contributed by atoms with van der Waals surface area (Å²) in [5.74, 6) is 0.287. The predicted molar refractivity (Wildman–Crippen MR) is 94.7 cm³/mol. The van der Waals surface area contributed by atoms with Gasteiger partial charge in [0.2, 0.25) is 0 Å². The monoisotopic (exact) mass is 355 g/mol. The normalized spacial score (nSPS) is 10.7. The number of fused-ring (bicyclic) bond motifs is 1. The highest BCUT2D eigenvalue weighted by atomic mass is 16.6. The number of nitro benzene ring substituents is 1. The Morgan fingerprint density at radius 2 is 2.12 bits per heavy atom. The summed E-state index contributed by atoms with van der Waals surface area (Å²) in [6, 6.07) is 5.87. The average Bonchev–Trinajstić information content (AvgIpc) is 2.96. The molecule has 2 heterocycles. The van der Waals surface area contributed by atoms with E-state index >= 15 is 0 Å². The maximum Gasteiger partial charge on any atom is 0.311 e. The third-order valence-electron chi connectivity index (χ3n) is 3.70. The van der Waals surface area contributed by atoms with Crippen LogP contribution in [0, 0.1) is 24.0 Å². The third kappa shape index (κ3) is 3.32. The van der Waals surface area contributed by atoms with Gasteiger partial charge in [-0.3, -0.25) is 14.9 Å². The molecule has 0 radical (unpaired) electrons. The standard InChI is InChI=1S/C17H17N5O4/c1-4-26-15-6-5-12(8-14(15)22(24)25)17(23)19-13-7-10(2)16-18-11(3)20-21(16)9-13/h5-9H,4H2,1-3H3,(H,19,23). The molecule has 134 valence electrons. The van der Waals surface area contributed by atoms with Crippen LogP contribution in [0.4, 0.5) is 11.4 Å². The van der Waals surface area contributed by atoms with Gasteiger partial charge in [-0.2, -0.15) is 5.10 Å². The molecule has 0 aliphatic rings. The maximum atomic E-state index is 12.5. The molecule has 0 spiro atoms. The largest absolute Gasteiger partial charge is 0.487 e. The molecule has 26 heavy (non-hydrogen) atoms. The van der Waals surface area contributed by atoms with Gasteiger partial charge in [0.1, 0.15) is 5.82 Å². The number of hydrogen-bond donors (Lipinski definition) is 1. The molecule has 0 fully saturated rings. The lowest BCUT2D eigenvalue weighted by molar-refractivity contribution is -0.385. The summed E-state index contributed by atoms with van der Waals surface area (Å²) >= 11 is 0. The SMILES string of the molecule is CCOc1ccc(C(=O)Nc2cc(C)c3nc(C)nn3c2)cc1[N+](=O)[O-]. The van der Waals surface area contributed by atoms with E-state index in [2.05, 4.69) is 15.4 Å². The van der Waals surface area contributed by atoms with Crippen LogP contribution in [0.3, 0.4) is 0 Å². The van der Waals surface area contributed by atoms with E-state index in [1.165, 1.54) is 18.2 Å². The fraction of sp³-hybridized carbons (Fsp3) is 0.235. The lowest BCUT2D eigenvalue weighted by Crippen LogP contribution is -2.13. The summed E-state index contributed by atoms with van der Waals surface area (Å²) in [7, 11) is 0. The Labute approximate surface area is 148 Å². The van der Waals surface area contributed by atoms with Gasteiger partial charge in [0, 0.05) is 11.6 Å². The number of rotatable bonds is 5. The van der Waals surface area contributed by atoms with E-state index in [-0.39, 0.29) is 17.0 Å². The lowest BCUT2D eigenvalue weighted by Gasteiger charge is -2.09. The van der Waals surface area contributed by atoms with Crippen LogP contribution in [0.2, 0.25) is 0 Å². The molecule has 0 aliphatic heterocycles. The second kappa shape index (κ2) is 6.79. The molecule has 0 saturated carbocycles. The first kappa shape index (κ1) is 17.3. The van der Waals surface area contributed by atoms with Crippen LogP contribution in [-0.4, -0.2) is 32.0 Å². The topological polar surface area (TPSA) is 112 Å². The Morgan fingerprint density at radius 3 is 2.81 bits per heavy atom. The van der Waals surface area contributed by atoms with Gasteiger partial charge in [-0.05, 0) is 44.5 Å². The molecular formula is C17H17N5O4. The molecule has 1 N–H and O–H groups in total. The average molecular weight is 355 g/mol. The first-order chi connectivity index (χ1) is 12.4. The number of nitro groups is 1. The van der Waals surface area contributed by atoms with E-state index in [0.717, 1.165) is 5.56 Å². The molecule has 0 aliphatic carbocycles. The Balaban J connectivity index is 1.90. The van der Waals surface area contributed by atoms with Crippen molar-refractivity contribution in [2.24, 2.45) is 0 Å². The van der Waals surface area contributed by atoms with E-state index in [1.807, 2.05) is 6.92 Å². The lowest BCUT2D eigenvalue weighted by atomic mass is 10.1. The number of carbonyl (C=O) groups is 1. The number of anilines is 1. The van der Waals surface area contributed by atoms with Crippen molar-refractivity contribution in [2.45, 2.75) is 20.8 Å². The van der Waals surface area contributed by atoms with Gasteiger partial charge in [-0.25, -0.2) is 9.50 Å². The molecule has 1 amide bonds. The fourth-order valence-electron chi connectivity index (χ4n) is 2.61. The first-order valence-electron chi connectivity index (χ1n) is 7.95. The predicted octanol–water partition coefficient (Wildman–Crippen LogP) is 2.91. The fourth-order valence-corrected chi connectivity index (χ4v) is 2.61. The molecule has 0 atom stereocenters. The summed E-state index contributed by atoms with van der Waals surface area (Å²) in [5, 5.41) is 18.2. The highest BCUT2D eigenvalue weighted by Gasteiger charge is 2.19. The number of nitrogens with zero attached hydrogens (tertiary/aromatic N) is 4. The highest BCUT2D eigenvalue weighted by molar-refractivity contribution is 6.04. The van der Waals surface area contributed by atoms with E-state index in [9.17, 15) is 14.9 Å². The Kier molecular flexibility index (Phi) is 4.53. The molecule has 0 bridgehead atoms. The Bertz CT molecular complexity index is 1010. The molecule has 9 heteroatoms. The molecule has 9 nitrogen and oxygen atoms in total. The number of aromatic nitrogens is 3. The summed E-state index contributed by atoms with van der Waals surface area (Å²) in [6.07, 6.45) is 1.64. The summed E-state index contributed by atoms with van der Waals surface area (Å²) < 4.78 is 6.81. The summed E-state index contributed by atoms with van der Waals surface area (Å²) in [5.41, 5.74) is 1.98. The smallest absolute Gasteiger partial charge is 0.311 e. The number of benzene rings is 1. The zero-order chi connectivity index (χ0) is 18.8. The van der Waals surface area contributed by atoms with Crippen LogP contribution in [0.1, 0.15) is 28.7 Å². The van der Waals surface area contributed by atoms with Gasteiger partial charge in [0.05, 0.1) is 23.4 Å². The van der Waals surface area contributed by atoms with Crippen molar-refractivity contribution in [1.82, 2.24) is 14.6 Å². The van der Waals surface area contributed by atoms with Crippen LogP contribution in [0.25, 0.3) is 5.65 Å². The zero-order valence-electron chi connectivity index (χ0n) is 14.5. The third-order valence-corrected chi connectivity index (χ3v) is 3.70. The van der Waals surface area contributed by atoms with Crippen LogP contribution in [0.15, 0.2) is 30.5 Å². The minimum Gasteiger partial charge on any atom is -0.487 e. The van der Waals surface area contributed by atoms with Crippen molar-refractivity contribution in [1.29, 1.82) is 0 Å². The summed E-state index contributed by atoms with van der Waals surface area (Å²) in [6.45, 7) is 5.67. The Hall–Kier alpha value is -3.49. The van der Waals surface area contributed by atoms with Crippen LogP contribution >= 0.6 is 0 Å². The molecular weight excluding hydrogens is 338 g/mol. The van der Waals surface area contributed by atoms with Crippen LogP contribution < -0.4 is 10.1 Å². The Morgan fingerprint density at radius 1 is 1.35 bits per heavy atom. The number of carbonyl (C=O) groups excluding carboxylic acids is 1. The quantitative estimate of drug-likeness (QED) is 0.556. The van der Waals surface area contributed by atoms with Crippen molar-refractivity contribution in [3.8, 4) is 5.75 Å². The van der Waals surface area contributed by atoms with Crippen molar-refractivity contribution < 1.29 is 14.5 Å². The van der Waals surface area contributed by atoms with Gasteiger partial charge >= 0.3 is 5.69 Å². The maximum absolute atomic E-state index is 12.5. The van der Waals surface area contributed by atoms with Crippen LogP contribution in [0.5, 0.6) is 5.75 Å². The van der Waals surface area contributed by atoms with E-state index in [1.54, 1.807) is 30.6 Å². The second-order valence-electron chi connectivity index (χ2n) is 5.67. The number of aryl methyl sites for hydroxylation is 2. The molecule has 3 rings (SSSR count). The van der Waals surface area contributed by atoms with Crippen molar-refractivity contribution >= 4 is 22.9 Å². The van der Waals surface area contributed by atoms with Crippen molar-refractivity contribution in [2.75, 3.05) is 11.9 Å². The van der Waals surface area contributed by atoms with E-state index < -0.39 is 10.8 Å². The van der Waals surface area contributed by atoms with Crippen molar-refractivity contribution in [3.05, 3.63) is 57.5 Å². The van der Waals surface area contributed by atoms with E-state index in [0.29, 0.717) is 23.8 Å². The first-order valence-corrected chi connectivity index (χ1v) is 7.95. The zero-order valence-corrected chi connectivity index (χ0v) is 14.5. The molecule has 0 unspecified atom stereocenters. The number of pyridine rings is 1. The molecule has 3 aromatic rings. The number of ether oxygens (including phenoxy) is 1.